The first-order chi connectivity index (χ1) is 5.31. The molecule has 74 valence electrons. The number of rotatable bonds is 5. The molecule has 0 aliphatic heterocycles. The second-order valence-electron chi connectivity index (χ2n) is 3.48. The second kappa shape index (κ2) is 4.75. The van der Waals surface area contributed by atoms with Gasteiger partial charge in [-0.3, -0.25) is 0 Å². The van der Waals surface area contributed by atoms with Gasteiger partial charge >= 0.3 is 6.98 Å². The van der Waals surface area contributed by atoms with Gasteiger partial charge in [0.15, 0.2) is 0 Å². The number of hydrogen-bond donors (Lipinski definition) is 0. The van der Waals surface area contributed by atoms with Crippen molar-refractivity contribution in [3.63, 3.8) is 0 Å². The van der Waals surface area contributed by atoms with Crippen LogP contribution >= 0.6 is 0 Å². The van der Waals surface area contributed by atoms with Crippen molar-refractivity contribution in [2.45, 2.75) is 33.3 Å². The number of hydrogen-bond acceptors (Lipinski definition) is 1. The van der Waals surface area contributed by atoms with E-state index in [0.717, 1.165) is 0 Å². The summed E-state index contributed by atoms with van der Waals surface area (Å²) < 4.78 is 39.7. The van der Waals surface area contributed by atoms with Crippen LogP contribution in [0.15, 0.2) is 0 Å². The van der Waals surface area contributed by atoms with E-state index < -0.39 is 13.5 Å². The predicted molar refractivity (Wildman–Crippen MR) is 43.9 cm³/mol. The fourth-order valence-electron chi connectivity index (χ4n) is 1.01. The first kappa shape index (κ1) is 11.8. The van der Waals surface area contributed by atoms with Gasteiger partial charge < -0.3 is 17.7 Å². The zero-order valence-electron chi connectivity index (χ0n) is 7.69. The van der Waals surface area contributed by atoms with Gasteiger partial charge in [-0.1, -0.05) is 13.8 Å². The lowest BCUT2D eigenvalue weighted by Gasteiger charge is -2.20. The summed E-state index contributed by atoms with van der Waals surface area (Å²) >= 11 is 0. The largest absolute Gasteiger partial charge is 0.503 e. The van der Waals surface area contributed by atoms with Gasteiger partial charge in [0, 0.05) is 6.51 Å². The predicted octanol–water partition coefficient (Wildman–Crippen LogP) is 2.82. The van der Waals surface area contributed by atoms with Crippen LogP contribution in [-0.2, 0) is 4.74 Å². The van der Waals surface area contributed by atoms with E-state index in [-0.39, 0.29) is 6.10 Å². The van der Waals surface area contributed by atoms with Crippen molar-refractivity contribution in [2.24, 2.45) is 5.92 Å². The molecule has 12 heavy (non-hydrogen) atoms. The monoisotopic (exact) mass is 183 g/mol. The molecule has 1 nitrogen and oxygen atoms in total. The Hall–Kier alpha value is -0.185. The third kappa shape index (κ3) is 7.92. The van der Waals surface area contributed by atoms with Gasteiger partial charge in [-0.05, 0) is 19.3 Å². The Labute approximate surface area is 71.3 Å². The van der Waals surface area contributed by atoms with E-state index in [4.69, 9.17) is 0 Å². The summed E-state index contributed by atoms with van der Waals surface area (Å²) in [5.74, 6) is 0.376. The molecule has 0 aromatic rings. The average Bonchev–Trinajstić information content (AvgIpc) is 1.80. The Morgan fingerprint density at radius 2 is 1.67 bits per heavy atom. The van der Waals surface area contributed by atoms with Crippen molar-refractivity contribution in [3.8, 4) is 0 Å². The van der Waals surface area contributed by atoms with Crippen LogP contribution in [0.3, 0.4) is 0 Å². The highest BCUT2D eigenvalue weighted by Gasteiger charge is 2.24. The van der Waals surface area contributed by atoms with Gasteiger partial charge in [0.25, 0.3) is 0 Å². The van der Waals surface area contributed by atoms with Crippen LogP contribution in [0, 0.1) is 5.92 Å². The topological polar surface area (TPSA) is 9.23 Å². The van der Waals surface area contributed by atoms with E-state index in [1.807, 2.05) is 13.8 Å². The fraction of sp³-hybridized carbons (Fsp3) is 1.00. The highest BCUT2D eigenvalue weighted by Crippen LogP contribution is 2.13. The van der Waals surface area contributed by atoms with Crippen molar-refractivity contribution >= 4 is 6.98 Å². The quantitative estimate of drug-likeness (QED) is 0.595. The molecular formula is C7H15BF3O-. The van der Waals surface area contributed by atoms with Crippen LogP contribution < -0.4 is 0 Å². The van der Waals surface area contributed by atoms with Gasteiger partial charge in [-0.2, -0.15) is 0 Å². The zero-order valence-corrected chi connectivity index (χ0v) is 7.69. The Morgan fingerprint density at radius 1 is 1.17 bits per heavy atom. The first-order valence-electron chi connectivity index (χ1n) is 4.14. The van der Waals surface area contributed by atoms with E-state index in [0.29, 0.717) is 12.3 Å². The summed E-state index contributed by atoms with van der Waals surface area (Å²) in [5, 5.41) is 0. The maximum Gasteiger partial charge on any atom is 0.503 e. The number of ether oxygens (including phenoxy) is 1. The Bertz CT molecular complexity index is 124. The molecule has 0 N–H and O–H groups in total. The van der Waals surface area contributed by atoms with E-state index in [9.17, 15) is 12.9 Å². The first-order valence-corrected chi connectivity index (χ1v) is 4.14. The van der Waals surface area contributed by atoms with Gasteiger partial charge in [-0.15, -0.1) is 0 Å². The van der Waals surface area contributed by atoms with Crippen LogP contribution in [0.5, 0.6) is 0 Å². The molecule has 0 aliphatic rings. The van der Waals surface area contributed by atoms with E-state index in [2.05, 4.69) is 4.74 Å². The minimum atomic E-state index is -4.78. The lowest BCUT2D eigenvalue weighted by Crippen LogP contribution is -2.27. The summed E-state index contributed by atoms with van der Waals surface area (Å²) in [4.78, 5) is 0. The zero-order chi connectivity index (χ0) is 9.78. The Morgan fingerprint density at radius 3 is 2.00 bits per heavy atom. The lowest BCUT2D eigenvalue weighted by atomic mass is 9.94. The molecule has 0 radical (unpaired) electrons. The molecule has 0 saturated carbocycles. The van der Waals surface area contributed by atoms with E-state index in [1.165, 1.54) is 0 Å². The molecule has 0 fully saturated rings. The minimum absolute atomic E-state index is 0.298. The third-order valence-corrected chi connectivity index (χ3v) is 1.37. The number of halogens is 3. The van der Waals surface area contributed by atoms with Crippen LogP contribution in [0.2, 0.25) is 0 Å². The van der Waals surface area contributed by atoms with Gasteiger partial charge in [-0.25, -0.2) is 0 Å². The van der Waals surface area contributed by atoms with E-state index >= 15 is 0 Å². The molecule has 1 atom stereocenters. The Balaban J connectivity index is 3.51. The summed E-state index contributed by atoms with van der Waals surface area (Å²) in [5.41, 5.74) is 0. The van der Waals surface area contributed by atoms with Crippen LogP contribution in [0.4, 0.5) is 12.9 Å². The molecule has 0 amide bonds. The van der Waals surface area contributed by atoms with Crippen molar-refractivity contribution in [3.05, 3.63) is 0 Å². The van der Waals surface area contributed by atoms with Crippen molar-refractivity contribution < 1.29 is 17.7 Å². The molecule has 0 aliphatic carbocycles. The standard InChI is InChI=1S/C7H15BF3O/c1-6(2)4-7(3)12-5-8(9,10)11/h6-7H,4-5H2,1-3H3/q-1. The van der Waals surface area contributed by atoms with Crippen molar-refractivity contribution in [1.29, 1.82) is 0 Å². The average molecular weight is 183 g/mol. The molecule has 0 heterocycles. The summed E-state index contributed by atoms with van der Waals surface area (Å²) in [6.45, 7) is -0.277. The maximum atomic E-state index is 11.7. The lowest BCUT2D eigenvalue weighted by molar-refractivity contribution is 0.0670. The molecular weight excluding hydrogens is 168 g/mol. The minimum Gasteiger partial charge on any atom is -0.447 e. The van der Waals surface area contributed by atoms with Crippen molar-refractivity contribution in [1.82, 2.24) is 0 Å². The highest BCUT2D eigenvalue weighted by atomic mass is 19.4. The summed E-state index contributed by atoms with van der Waals surface area (Å²) in [6.07, 6.45) is 0.375. The summed E-state index contributed by atoms with van der Waals surface area (Å²) in [7, 11) is 0. The maximum absolute atomic E-state index is 11.7. The molecule has 0 bridgehead atoms. The molecule has 0 saturated heterocycles. The smallest absolute Gasteiger partial charge is 0.447 e. The molecule has 5 heteroatoms. The SMILES string of the molecule is CC(C)CC(C)OC[B-](F)(F)F. The molecule has 0 rings (SSSR count). The van der Waals surface area contributed by atoms with Crippen LogP contribution in [-0.4, -0.2) is 19.6 Å². The Kier molecular flexibility index (Phi) is 4.67. The fourth-order valence-corrected chi connectivity index (χ4v) is 1.01. The van der Waals surface area contributed by atoms with Gasteiger partial charge in [0.2, 0.25) is 0 Å². The third-order valence-electron chi connectivity index (χ3n) is 1.37. The molecule has 0 aromatic heterocycles. The van der Waals surface area contributed by atoms with Gasteiger partial charge in [0.1, 0.15) is 0 Å². The molecule has 1 unspecified atom stereocenters. The molecule has 0 spiro atoms. The molecule has 0 aromatic carbocycles. The van der Waals surface area contributed by atoms with E-state index in [1.54, 1.807) is 6.92 Å². The van der Waals surface area contributed by atoms with Gasteiger partial charge in [0.05, 0.1) is 6.10 Å². The summed E-state index contributed by atoms with van der Waals surface area (Å²) in [6, 6.07) is 0. The van der Waals surface area contributed by atoms with Crippen LogP contribution in [0.25, 0.3) is 0 Å². The normalized spacial score (nSPS) is 15.2. The highest BCUT2D eigenvalue weighted by molar-refractivity contribution is 6.58. The van der Waals surface area contributed by atoms with Crippen LogP contribution in [0.1, 0.15) is 27.2 Å². The van der Waals surface area contributed by atoms with Crippen molar-refractivity contribution in [2.75, 3.05) is 6.51 Å². The second-order valence-corrected chi connectivity index (χ2v) is 3.48.